The second-order valence-electron chi connectivity index (χ2n) is 3.62. The fraction of sp³-hybridized carbons (Fsp3) is 0.556. The van der Waals surface area contributed by atoms with Gasteiger partial charge in [0.05, 0.1) is 4.92 Å². The van der Waals surface area contributed by atoms with Crippen molar-refractivity contribution in [3.05, 3.63) is 22.1 Å². The molecule has 0 unspecified atom stereocenters. The van der Waals surface area contributed by atoms with Crippen LogP contribution in [0.25, 0.3) is 0 Å². The highest BCUT2D eigenvalue weighted by atomic mass is 16.6. The number of nitrogens with zero attached hydrogens (tertiary/aromatic N) is 3. The monoisotopic (exact) mass is 210 g/mol. The van der Waals surface area contributed by atoms with Gasteiger partial charge in [-0.25, -0.2) is 9.97 Å². The number of nitrogens with one attached hydrogen (secondary N) is 1. The van der Waals surface area contributed by atoms with Crippen LogP contribution in [0.4, 0.5) is 11.5 Å². The second kappa shape index (κ2) is 4.68. The van der Waals surface area contributed by atoms with E-state index in [1.165, 1.54) is 6.33 Å². The van der Waals surface area contributed by atoms with Crippen molar-refractivity contribution in [3.63, 3.8) is 0 Å². The maximum atomic E-state index is 10.9. The molecule has 0 saturated carbocycles. The lowest BCUT2D eigenvalue weighted by atomic mass is 10.1. The first-order chi connectivity index (χ1) is 7.06. The molecule has 82 valence electrons. The molecule has 15 heavy (non-hydrogen) atoms. The first-order valence-electron chi connectivity index (χ1n) is 4.72. The normalized spacial score (nSPS) is 10.4. The van der Waals surface area contributed by atoms with Gasteiger partial charge in [-0.1, -0.05) is 13.8 Å². The molecule has 0 fully saturated rings. The Hall–Kier alpha value is -1.72. The topological polar surface area (TPSA) is 81.0 Å². The van der Waals surface area contributed by atoms with Gasteiger partial charge in [-0.05, 0) is 12.3 Å². The molecule has 0 aliphatic heterocycles. The Bertz CT molecular complexity index is 365. The number of hydrogen-bond acceptors (Lipinski definition) is 5. The van der Waals surface area contributed by atoms with Crippen LogP contribution in [-0.4, -0.2) is 21.9 Å². The first kappa shape index (κ1) is 11.4. The Morgan fingerprint density at radius 1 is 1.53 bits per heavy atom. The van der Waals surface area contributed by atoms with Gasteiger partial charge in [-0.3, -0.25) is 10.1 Å². The molecule has 1 rings (SSSR count). The van der Waals surface area contributed by atoms with E-state index in [1.807, 2.05) is 13.8 Å². The van der Waals surface area contributed by atoms with Crippen LogP contribution in [0.5, 0.6) is 0 Å². The largest absolute Gasteiger partial charge is 0.367 e. The van der Waals surface area contributed by atoms with Crippen molar-refractivity contribution in [2.24, 2.45) is 5.92 Å². The predicted molar refractivity (Wildman–Crippen MR) is 56.8 cm³/mol. The minimum absolute atomic E-state index is 0.0197. The Labute approximate surface area is 87.9 Å². The lowest BCUT2D eigenvalue weighted by Crippen LogP contribution is -2.07. The summed E-state index contributed by atoms with van der Waals surface area (Å²) >= 11 is 0. The summed E-state index contributed by atoms with van der Waals surface area (Å²) in [6, 6.07) is 0. The molecule has 0 aliphatic rings. The minimum Gasteiger partial charge on any atom is -0.367 e. The molecular formula is C9H14N4O2. The average Bonchev–Trinajstić information content (AvgIpc) is 2.15. The van der Waals surface area contributed by atoms with Gasteiger partial charge in [0.15, 0.2) is 0 Å². The third-order valence-electron chi connectivity index (χ3n) is 1.92. The summed E-state index contributed by atoms with van der Waals surface area (Å²) in [6.07, 6.45) is 1.92. The quantitative estimate of drug-likeness (QED) is 0.603. The predicted octanol–water partition coefficient (Wildman–Crippen LogP) is 1.62. The molecule has 6 nitrogen and oxygen atoms in total. The van der Waals surface area contributed by atoms with Gasteiger partial charge in [0.1, 0.15) is 12.0 Å². The van der Waals surface area contributed by atoms with E-state index in [4.69, 9.17) is 0 Å². The Morgan fingerprint density at radius 2 is 2.20 bits per heavy atom. The summed E-state index contributed by atoms with van der Waals surface area (Å²) < 4.78 is 0. The number of anilines is 1. The van der Waals surface area contributed by atoms with E-state index >= 15 is 0 Å². The summed E-state index contributed by atoms with van der Waals surface area (Å²) in [5, 5.41) is 13.6. The van der Waals surface area contributed by atoms with Crippen molar-refractivity contribution >= 4 is 11.5 Å². The average molecular weight is 210 g/mol. The number of aromatic nitrogens is 2. The molecule has 0 amide bonds. The summed E-state index contributed by atoms with van der Waals surface area (Å²) in [5.41, 5.74) is 0.461. The molecule has 6 heteroatoms. The molecule has 0 bridgehead atoms. The third-order valence-corrected chi connectivity index (χ3v) is 1.92. The van der Waals surface area contributed by atoms with Crippen LogP contribution >= 0.6 is 0 Å². The first-order valence-corrected chi connectivity index (χ1v) is 4.72. The van der Waals surface area contributed by atoms with Crippen molar-refractivity contribution in [2.75, 3.05) is 12.4 Å². The Morgan fingerprint density at radius 3 is 2.67 bits per heavy atom. The van der Waals surface area contributed by atoms with Crippen LogP contribution in [0.2, 0.25) is 0 Å². The SMILES string of the molecule is CNc1ncnc(CC(C)C)c1[N+](=O)[O-]. The van der Waals surface area contributed by atoms with Gasteiger partial charge in [0, 0.05) is 7.05 Å². The molecule has 0 aliphatic carbocycles. The molecule has 0 saturated heterocycles. The van der Waals surface area contributed by atoms with Crippen LogP contribution in [0.3, 0.4) is 0 Å². The van der Waals surface area contributed by atoms with Gasteiger partial charge < -0.3 is 5.32 Å². The summed E-state index contributed by atoms with van der Waals surface area (Å²) in [5.74, 6) is 0.592. The van der Waals surface area contributed by atoms with Crippen molar-refractivity contribution in [1.29, 1.82) is 0 Å². The van der Waals surface area contributed by atoms with Crippen LogP contribution in [0, 0.1) is 16.0 Å². The third kappa shape index (κ3) is 2.61. The zero-order chi connectivity index (χ0) is 11.4. The molecule has 0 aromatic carbocycles. The van der Waals surface area contributed by atoms with Crippen LogP contribution in [0.1, 0.15) is 19.5 Å². The molecule has 0 radical (unpaired) electrons. The van der Waals surface area contributed by atoms with E-state index < -0.39 is 4.92 Å². The summed E-state index contributed by atoms with van der Waals surface area (Å²) in [6.45, 7) is 3.98. The molecule has 0 atom stereocenters. The zero-order valence-electron chi connectivity index (χ0n) is 9.02. The lowest BCUT2D eigenvalue weighted by molar-refractivity contribution is -0.385. The zero-order valence-corrected chi connectivity index (χ0v) is 9.02. The van der Waals surface area contributed by atoms with E-state index in [-0.39, 0.29) is 11.5 Å². The summed E-state index contributed by atoms with van der Waals surface area (Å²) in [4.78, 5) is 18.2. The van der Waals surface area contributed by atoms with Gasteiger partial charge in [0.25, 0.3) is 0 Å². The molecule has 1 N–H and O–H groups in total. The van der Waals surface area contributed by atoms with Crippen LogP contribution in [0.15, 0.2) is 6.33 Å². The maximum absolute atomic E-state index is 10.9. The van der Waals surface area contributed by atoms with E-state index in [0.29, 0.717) is 18.0 Å². The van der Waals surface area contributed by atoms with Crippen molar-refractivity contribution < 1.29 is 4.92 Å². The second-order valence-corrected chi connectivity index (χ2v) is 3.62. The highest BCUT2D eigenvalue weighted by Gasteiger charge is 2.21. The molecule has 0 spiro atoms. The smallest absolute Gasteiger partial charge is 0.332 e. The van der Waals surface area contributed by atoms with E-state index in [2.05, 4.69) is 15.3 Å². The maximum Gasteiger partial charge on any atom is 0.332 e. The van der Waals surface area contributed by atoms with Gasteiger partial charge in [-0.15, -0.1) is 0 Å². The fourth-order valence-corrected chi connectivity index (χ4v) is 1.33. The number of hydrogen-bond donors (Lipinski definition) is 1. The molecule has 1 aromatic heterocycles. The van der Waals surface area contributed by atoms with Crippen molar-refractivity contribution in [2.45, 2.75) is 20.3 Å². The van der Waals surface area contributed by atoms with Crippen LogP contribution < -0.4 is 5.32 Å². The minimum atomic E-state index is -0.441. The number of nitro groups is 1. The highest BCUT2D eigenvalue weighted by molar-refractivity contribution is 5.57. The Kier molecular flexibility index (Phi) is 3.54. The van der Waals surface area contributed by atoms with E-state index in [0.717, 1.165) is 0 Å². The summed E-state index contributed by atoms with van der Waals surface area (Å²) in [7, 11) is 1.61. The molecule has 1 heterocycles. The fourth-order valence-electron chi connectivity index (χ4n) is 1.33. The standard InChI is InChI=1S/C9H14N4O2/c1-6(2)4-7-8(13(14)15)9(10-3)12-5-11-7/h5-6H,4H2,1-3H3,(H,10,11,12). The van der Waals surface area contributed by atoms with E-state index in [9.17, 15) is 10.1 Å². The van der Waals surface area contributed by atoms with Gasteiger partial charge in [-0.2, -0.15) is 0 Å². The molecule has 1 aromatic rings. The van der Waals surface area contributed by atoms with Gasteiger partial charge in [0.2, 0.25) is 5.82 Å². The highest BCUT2D eigenvalue weighted by Crippen LogP contribution is 2.25. The van der Waals surface area contributed by atoms with Crippen LogP contribution in [-0.2, 0) is 6.42 Å². The molecular weight excluding hydrogens is 196 g/mol. The van der Waals surface area contributed by atoms with E-state index in [1.54, 1.807) is 7.05 Å². The number of rotatable bonds is 4. The van der Waals surface area contributed by atoms with Crippen molar-refractivity contribution in [1.82, 2.24) is 9.97 Å². The Balaban J connectivity index is 3.19. The van der Waals surface area contributed by atoms with Gasteiger partial charge >= 0.3 is 5.69 Å². The lowest BCUT2D eigenvalue weighted by Gasteiger charge is -2.07. The van der Waals surface area contributed by atoms with Crippen molar-refractivity contribution in [3.8, 4) is 0 Å².